The molecule has 0 amide bonds. The van der Waals surface area contributed by atoms with Crippen molar-refractivity contribution >= 4 is 22.6 Å². The maximum atomic E-state index is 11.9. The van der Waals surface area contributed by atoms with E-state index in [1.165, 1.54) is 5.56 Å². The predicted octanol–water partition coefficient (Wildman–Crippen LogP) is 4.07. The van der Waals surface area contributed by atoms with Crippen LogP contribution in [0.3, 0.4) is 0 Å². The predicted molar refractivity (Wildman–Crippen MR) is 109 cm³/mol. The molecule has 1 fully saturated rings. The van der Waals surface area contributed by atoms with Gasteiger partial charge in [0.25, 0.3) is 0 Å². The molecule has 5 heteroatoms. The fraction of sp³-hybridized carbons (Fsp3) is 0.318. The van der Waals surface area contributed by atoms with Gasteiger partial charge in [0.2, 0.25) is 0 Å². The Morgan fingerprint density at radius 1 is 0.963 bits per heavy atom. The Hall–Kier alpha value is -2.14. The van der Waals surface area contributed by atoms with Gasteiger partial charge in [-0.25, -0.2) is 4.79 Å². The second kappa shape index (κ2) is 7.85. The maximum Gasteiger partial charge on any atom is 0.336 e. The zero-order valence-electron chi connectivity index (χ0n) is 15.5. The smallest absolute Gasteiger partial charge is 0.336 e. The van der Waals surface area contributed by atoms with Crippen molar-refractivity contribution in [1.82, 2.24) is 9.80 Å². The van der Waals surface area contributed by atoms with E-state index in [1.54, 1.807) is 6.07 Å². The summed E-state index contributed by atoms with van der Waals surface area (Å²) in [5.41, 5.74) is 3.79. The monoisotopic (exact) mass is 382 g/mol. The van der Waals surface area contributed by atoms with Crippen LogP contribution >= 0.6 is 11.6 Å². The number of hydrogen-bond acceptors (Lipinski definition) is 4. The molecule has 0 spiro atoms. The van der Waals surface area contributed by atoms with Crippen molar-refractivity contribution in [1.29, 1.82) is 0 Å². The van der Waals surface area contributed by atoms with E-state index in [-0.39, 0.29) is 5.63 Å². The molecule has 1 aromatic heterocycles. The van der Waals surface area contributed by atoms with Crippen LogP contribution in [0.15, 0.2) is 57.7 Å². The number of benzene rings is 2. The SMILES string of the molecule is Cc1ccc2c(CN3CCN(Cc4cccc(Cl)c4)CC3)cc(=O)oc2c1. The lowest BCUT2D eigenvalue weighted by Crippen LogP contribution is -2.45. The van der Waals surface area contributed by atoms with Crippen LogP contribution < -0.4 is 5.63 Å². The van der Waals surface area contributed by atoms with Gasteiger partial charge in [0.05, 0.1) is 0 Å². The molecular formula is C22H23ClN2O2. The Morgan fingerprint density at radius 3 is 2.44 bits per heavy atom. The quantitative estimate of drug-likeness (QED) is 0.637. The summed E-state index contributed by atoms with van der Waals surface area (Å²) < 4.78 is 5.37. The number of hydrogen-bond donors (Lipinski definition) is 0. The first kappa shape index (κ1) is 18.2. The van der Waals surface area contributed by atoms with E-state index < -0.39 is 0 Å². The minimum atomic E-state index is -0.275. The molecule has 27 heavy (non-hydrogen) atoms. The largest absolute Gasteiger partial charge is 0.423 e. The van der Waals surface area contributed by atoms with Gasteiger partial charge in [-0.1, -0.05) is 35.9 Å². The van der Waals surface area contributed by atoms with Gasteiger partial charge in [0.1, 0.15) is 5.58 Å². The summed E-state index contributed by atoms with van der Waals surface area (Å²) in [7, 11) is 0. The van der Waals surface area contributed by atoms with Gasteiger partial charge in [-0.05, 0) is 41.8 Å². The number of halogens is 1. The Morgan fingerprint density at radius 2 is 1.70 bits per heavy atom. The molecule has 0 N–H and O–H groups in total. The number of nitrogens with zero attached hydrogens (tertiary/aromatic N) is 2. The van der Waals surface area contributed by atoms with Crippen LogP contribution in [0.25, 0.3) is 11.0 Å². The average molecular weight is 383 g/mol. The topological polar surface area (TPSA) is 36.7 Å². The Kier molecular flexibility index (Phi) is 5.30. The van der Waals surface area contributed by atoms with Crippen LogP contribution in [0.2, 0.25) is 5.02 Å². The first-order valence-corrected chi connectivity index (χ1v) is 9.67. The van der Waals surface area contributed by atoms with E-state index in [9.17, 15) is 4.79 Å². The summed E-state index contributed by atoms with van der Waals surface area (Å²) in [6.07, 6.45) is 0. The van der Waals surface area contributed by atoms with E-state index in [2.05, 4.69) is 28.0 Å². The number of aryl methyl sites for hydroxylation is 1. The third-order valence-corrected chi connectivity index (χ3v) is 5.37. The molecule has 2 aromatic carbocycles. The highest BCUT2D eigenvalue weighted by molar-refractivity contribution is 6.30. The second-order valence-corrected chi connectivity index (χ2v) is 7.71. The van der Waals surface area contributed by atoms with Crippen LogP contribution in [0.5, 0.6) is 0 Å². The summed E-state index contributed by atoms with van der Waals surface area (Å²) in [5.74, 6) is 0. The highest BCUT2D eigenvalue weighted by Gasteiger charge is 2.18. The van der Waals surface area contributed by atoms with Crippen LogP contribution in [0.4, 0.5) is 0 Å². The summed E-state index contributed by atoms with van der Waals surface area (Å²) >= 11 is 6.09. The summed E-state index contributed by atoms with van der Waals surface area (Å²) in [6, 6.07) is 15.8. The molecule has 1 aliphatic rings. The number of fused-ring (bicyclic) bond motifs is 1. The van der Waals surface area contributed by atoms with Crippen molar-refractivity contribution in [3.63, 3.8) is 0 Å². The van der Waals surface area contributed by atoms with E-state index in [4.69, 9.17) is 16.0 Å². The van der Waals surface area contributed by atoms with E-state index in [0.717, 1.165) is 60.8 Å². The van der Waals surface area contributed by atoms with Crippen molar-refractivity contribution in [3.05, 3.63) is 80.7 Å². The van der Waals surface area contributed by atoms with Gasteiger partial charge in [-0.3, -0.25) is 9.80 Å². The summed E-state index contributed by atoms with van der Waals surface area (Å²) in [4.78, 5) is 16.8. The molecule has 0 saturated carbocycles. The molecule has 4 rings (SSSR count). The van der Waals surface area contributed by atoms with Crippen LogP contribution in [-0.2, 0) is 13.1 Å². The van der Waals surface area contributed by atoms with Gasteiger partial charge < -0.3 is 4.42 Å². The fourth-order valence-electron chi connectivity index (χ4n) is 3.71. The van der Waals surface area contributed by atoms with Gasteiger partial charge >= 0.3 is 5.63 Å². The lowest BCUT2D eigenvalue weighted by molar-refractivity contribution is 0.122. The molecule has 1 aliphatic heterocycles. The van der Waals surface area contributed by atoms with Gasteiger partial charge in [0, 0.05) is 55.7 Å². The van der Waals surface area contributed by atoms with E-state index in [1.807, 2.05) is 31.2 Å². The zero-order valence-corrected chi connectivity index (χ0v) is 16.2. The van der Waals surface area contributed by atoms with Crippen molar-refractivity contribution in [3.8, 4) is 0 Å². The molecule has 0 unspecified atom stereocenters. The number of piperazine rings is 1. The molecule has 0 bridgehead atoms. The number of rotatable bonds is 4. The molecule has 0 radical (unpaired) electrons. The summed E-state index contributed by atoms with van der Waals surface area (Å²) in [6.45, 7) is 7.67. The van der Waals surface area contributed by atoms with E-state index >= 15 is 0 Å². The van der Waals surface area contributed by atoms with Crippen LogP contribution in [-0.4, -0.2) is 36.0 Å². The van der Waals surface area contributed by atoms with Crippen molar-refractivity contribution < 1.29 is 4.42 Å². The molecule has 3 aromatic rings. The van der Waals surface area contributed by atoms with Crippen molar-refractivity contribution in [2.45, 2.75) is 20.0 Å². The first-order valence-electron chi connectivity index (χ1n) is 9.29. The van der Waals surface area contributed by atoms with Gasteiger partial charge in [-0.2, -0.15) is 0 Å². The first-order chi connectivity index (χ1) is 13.1. The molecular weight excluding hydrogens is 360 g/mol. The zero-order chi connectivity index (χ0) is 18.8. The molecule has 140 valence electrons. The minimum absolute atomic E-state index is 0.275. The van der Waals surface area contributed by atoms with Crippen LogP contribution in [0, 0.1) is 6.92 Å². The molecule has 0 aliphatic carbocycles. The Labute approximate surface area is 164 Å². The average Bonchev–Trinajstić information content (AvgIpc) is 2.63. The molecule has 0 atom stereocenters. The normalized spacial score (nSPS) is 16.1. The minimum Gasteiger partial charge on any atom is -0.423 e. The van der Waals surface area contributed by atoms with Crippen molar-refractivity contribution in [2.75, 3.05) is 26.2 Å². The maximum absolute atomic E-state index is 11.9. The van der Waals surface area contributed by atoms with Crippen molar-refractivity contribution in [2.24, 2.45) is 0 Å². The van der Waals surface area contributed by atoms with Gasteiger partial charge in [0.15, 0.2) is 0 Å². The standard InChI is InChI=1S/C22H23ClN2O2/c1-16-5-6-20-18(13-22(26)27-21(20)11-16)15-25-9-7-24(8-10-25)14-17-3-2-4-19(23)12-17/h2-6,11-13H,7-10,14-15H2,1H3. The third-order valence-electron chi connectivity index (χ3n) is 5.14. The Bertz CT molecular complexity index is 1010. The fourth-order valence-corrected chi connectivity index (χ4v) is 3.92. The third kappa shape index (κ3) is 4.41. The lowest BCUT2D eigenvalue weighted by atomic mass is 10.1. The second-order valence-electron chi connectivity index (χ2n) is 7.27. The lowest BCUT2D eigenvalue weighted by Gasteiger charge is -2.34. The van der Waals surface area contributed by atoms with Crippen LogP contribution in [0.1, 0.15) is 16.7 Å². The van der Waals surface area contributed by atoms with Gasteiger partial charge in [-0.15, -0.1) is 0 Å². The highest BCUT2D eigenvalue weighted by Crippen LogP contribution is 2.21. The van der Waals surface area contributed by atoms with E-state index in [0.29, 0.717) is 5.58 Å². The molecule has 2 heterocycles. The Balaban J connectivity index is 1.42. The highest BCUT2D eigenvalue weighted by atomic mass is 35.5. The summed E-state index contributed by atoms with van der Waals surface area (Å²) in [5, 5.41) is 1.82. The molecule has 1 saturated heterocycles. The molecule has 4 nitrogen and oxygen atoms in total.